The lowest BCUT2D eigenvalue weighted by atomic mass is 10.1. The zero-order valence-corrected chi connectivity index (χ0v) is 11.6. The Hall–Kier alpha value is -1.65. The van der Waals surface area contributed by atoms with Gasteiger partial charge in [-0.1, -0.05) is 29.3 Å². The van der Waals surface area contributed by atoms with Crippen molar-refractivity contribution in [2.24, 2.45) is 0 Å². The molecule has 0 spiro atoms. The van der Waals surface area contributed by atoms with Crippen molar-refractivity contribution in [3.05, 3.63) is 63.6 Å². The van der Waals surface area contributed by atoms with Gasteiger partial charge in [0.25, 0.3) is 0 Å². The zero-order valence-electron chi connectivity index (χ0n) is 10.1. The van der Waals surface area contributed by atoms with Crippen LogP contribution in [0.2, 0.25) is 10.0 Å². The molecule has 1 N–H and O–H groups in total. The molecular weight excluding hydrogens is 307 g/mol. The van der Waals surface area contributed by atoms with E-state index in [9.17, 15) is 13.6 Å². The summed E-state index contributed by atoms with van der Waals surface area (Å²) in [4.78, 5) is 11.8. The van der Waals surface area contributed by atoms with Gasteiger partial charge in [-0.05, 0) is 29.8 Å². The average molecular weight is 316 g/mol. The summed E-state index contributed by atoms with van der Waals surface area (Å²) in [6.07, 6.45) is -0.0867. The second kappa shape index (κ2) is 6.20. The lowest BCUT2D eigenvalue weighted by molar-refractivity contribution is -0.115. The summed E-state index contributed by atoms with van der Waals surface area (Å²) in [5.41, 5.74) is 0.501. The first kappa shape index (κ1) is 14.8. The van der Waals surface area contributed by atoms with Gasteiger partial charge in [0, 0.05) is 21.8 Å². The SMILES string of the molecule is O=C(Cc1c(Cl)cccc1Cl)Nc1cc(F)cc(F)c1. The predicted molar refractivity (Wildman–Crippen MR) is 75.2 cm³/mol. The van der Waals surface area contributed by atoms with Gasteiger partial charge in [0.05, 0.1) is 6.42 Å². The predicted octanol–water partition coefficient (Wildman–Crippen LogP) is 4.45. The Balaban J connectivity index is 2.13. The van der Waals surface area contributed by atoms with Crippen LogP contribution in [-0.2, 0) is 11.2 Å². The summed E-state index contributed by atoms with van der Waals surface area (Å²) in [6, 6.07) is 7.65. The minimum Gasteiger partial charge on any atom is -0.326 e. The van der Waals surface area contributed by atoms with E-state index in [0.717, 1.165) is 18.2 Å². The summed E-state index contributed by atoms with van der Waals surface area (Å²) < 4.78 is 26.0. The third kappa shape index (κ3) is 3.68. The van der Waals surface area contributed by atoms with E-state index in [0.29, 0.717) is 15.6 Å². The van der Waals surface area contributed by atoms with Crippen LogP contribution in [0.4, 0.5) is 14.5 Å². The molecule has 6 heteroatoms. The summed E-state index contributed by atoms with van der Waals surface area (Å²) in [5, 5.41) is 3.11. The van der Waals surface area contributed by atoms with Crippen LogP contribution < -0.4 is 5.32 Å². The van der Waals surface area contributed by atoms with Crippen LogP contribution in [0.5, 0.6) is 0 Å². The number of anilines is 1. The molecule has 20 heavy (non-hydrogen) atoms. The Morgan fingerprint density at radius 3 is 2.15 bits per heavy atom. The number of nitrogens with one attached hydrogen (secondary N) is 1. The van der Waals surface area contributed by atoms with Crippen LogP contribution in [-0.4, -0.2) is 5.91 Å². The summed E-state index contributed by atoms with van der Waals surface area (Å²) in [5.74, 6) is -2.00. The van der Waals surface area contributed by atoms with E-state index in [1.807, 2.05) is 0 Å². The molecule has 0 bridgehead atoms. The quantitative estimate of drug-likeness (QED) is 0.890. The van der Waals surface area contributed by atoms with Gasteiger partial charge in [-0.25, -0.2) is 8.78 Å². The number of amides is 1. The van der Waals surface area contributed by atoms with Crippen molar-refractivity contribution in [3.8, 4) is 0 Å². The highest BCUT2D eigenvalue weighted by Crippen LogP contribution is 2.25. The minimum atomic E-state index is -0.768. The normalized spacial score (nSPS) is 10.4. The van der Waals surface area contributed by atoms with E-state index in [1.165, 1.54) is 0 Å². The van der Waals surface area contributed by atoms with Crippen molar-refractivity contribution < 1.29 is 13.6 Å². The van der Waals surface area contributed by atoms with Crippen LogP contribution in [0.15, 0.2) is 36.4 Å². The first-order valence-electron chi connectivity index (χ1n) is 5.64. The van der Waals surface area contributed by atoms with Crippen molar-refractivity contribution >= 4 is 34.8 Å². The largest absolute Gasteiger partial charge is 0.326 e. The zero-order chi connectivity index (χ0) is 14.7. The van der Waals surface area contributed by atoms with Crippen LogP contribution in [0.3, 0.4) is 0 Å². The van der Waals surface area contributed by atoms with E-state index >= 15 is 0 Å². The topological polar surface area (TPSA) is 29.1 Å². The number of hydrogen-bond acceptors (Lipinski definition) is 1. The average Bonchev–Trinajstić information content (AvgIpc) is 2.32. The molecule has 0 radical (unpaired) electrons. The van der Waals surface area contributed by atoms with E-state index < -0.39 is 17.5 Å². The molecule has 104 valence electrons. The molecule has 1 amide bonds. The Morgan fingerprint density at radius 2 is 1.60 bits per heavy atom. The molecule has 2 aromatic carbocycles. The fourth-order valence-corrected chi connectivity index (χ4v) is 2.22. The highest BCUT2D eigenvalue weighted by Gasteiger charge is 2.11. The minimum absolute atomic E-state index is 0.0377. The van der Waals surface area contributed by atoms with Gasteiger partial charge in [-0.15, -0.1) is 0 Å². The van der Waals surface area contributed by atoms with E-state index in [1.54, 1.807) is 18.2 Å². The van der Waals surface area contributed by atoms with Gasteiger partial charge >= 0.3 is 0 Å². The maximum Gasteiger partial charge on any atom is 0.228 e. The highest BCUT2D eigenvalue weighted by atomic mass is 35.5. The number of rotatable bonds is 3. The maximum absolute atomic E-state index is 13.0. The number of carbonyl (C=O) groups is 1. The number of carbonyl (C=O) groups excluding carboxylic acids is 1. The molecule has 2 rings (SSSR count). The van der Waals surface area contributed by atoms with Gasteiger partial charge in [0.1, 0.15) is 11.6 Å². The third-order valence-electron chi connectivity index (χ3n) is 2.55. The van der Waals surface area contributed by atoms with Crippen LogP contribution in [0.25, 0.3) is 0 Å². The molecule has 0 aliphatic heterocycles. The van der Waals surface area contributed by atoms with Crippen LogP contribution in [0, 0.1) is 11.6 Å². The first-order valence-corrected chi connectivity index (χ1v) is 6.40. The molecule has 0 aliphatic carbocycles. The second-order valence-corrected chi connectivity index (χ2v) is 4.90. The third-order valence-corrected chi connectivity index (χ3v) is 3.25. The Morgan fingerprint density at radius 1 is 1.05 bits per heavy atom. The smallest absolute Gasteiger partial charge is 0.228 e. The molecule has 0 aliphatic rings. The van der Waals surface area contributed by atoms with Crippen molar-refractivity contribution in [3.63, 3.8) is 0 Å². The standard InChI is InChI=1S/C14H9Cl2F2NO/c15-12-2-1-3-13(16)11(12)7-14(20)19-10-5-8(17)4-9(18)6-10/h1-6H,7H2,(H,19,20). The van der Waals surface area contributed by atoms with Gasteiger partial charge < -0.3 is 5.32 Å². The van der Waals surface area contributed by atoms with Gasteiger partial charge in [-0.2, -0.15) is 0 Å². The van der Waals surface area contributed by atoms with Gasteiger partial charge in [0.15, 0.2) is 0 Å². The summed E-state index contributed by atoms with van der Waals surface area (Å²) in [6.45, 7) is 0. The van der Waals surface area contributed by atoms with Crippen molar-refractivity contribution in [1.29, 1.82) is 0 Å². The molecule has 0 atom stereocenters. The van der Waals surface area contributed by atoms with E-state index in [-0.39, 0.29) is 12.1 Å². The molecule has 0 fully saturated rings. The number of benzene rings is 2. The number of hydrogen-bond donors (Lipinski definition) is 1. The monoisotopic (exact) mass is 315 g/mol. The van der Waals surface area contributed by atoms with Gasteiger partial charge in [0.2, 0.25) is 5.91 Å². The summed E-state index contributed by atoms with van der Waals surface area (Å²) >= 11 is 11.9. The van der Waals surface area contributed by atoms with E-state index in [4.69, 9.17) is 23.2 Å². The maximum atomic E-state index is 13.0. The molecule has 0 unspecified atom stereocenters. The molecule has 0 saturated carbocycles. The Labute approximate surface area is 124 Å². The van der Waals surface area contributed by atoms with Crippen molar-refractivity contribution in [1.82, 2.24) is 0 Å². The molecular formula is C14H9Cl2F2NO. The number of halogens is 4. The Bertz CT molecular complexity index is 621. The second-order valence-electron chi connectivity index (χ2n) is 4.08. The molecule has 0 aromatic heterocycles. The van der Waals surface area contributed by atoms with Crippen LogP contribution >= 0.6 is 23.2 Å². The van der Waals surface area contributed by atoms with Gasteiger partial charge in [-0.3, -0.25) is 4.79 Å². The molecule has 2 nitrogen and oxygen atoms in total. The highest BCUT2D eigenvalue weighted by molar-refractivity contribution is 6.36. The van der Waals surface area contributed by atoms with E-state index in [2.05, 4.69) is 5.32 Å². The summed E-state index contributed by atoms with van der Waals surface area (Å²) in [7, 11) is 0. The fourth-order valence-electron chi connectivity index (χ4n) is 1.69. The molecule has 2 aromatic rings. The van der Waals surface area contributed by atoms with Crippen molar-refractivity contribution in [2.75, 3.05) is 5.32 Å². The lowest BCUT2D eigenvalue weighted by Gasteiger charge is -2.08. The Kier molecular flexibility index (Phi) is 4.57. The molecule has 0 saturated heterocycles. The van der Waals surface area contributed by atoms with Crippen LogP contribution in [0.1, 0.15) is 5.56 Å². The fraction of sp³-hybridized carbons (Fsp3) is 0.0714. The van der Waals surface area contributed by atoms with Crippen molar-refractivity contribution in [2.45, 2.75) is 6.42 Å². The first-order chi connectivity index (χ1) is 9.45. The lowest BCUT2D eigenvalue weighted by Crippen LogP contribution is -2.15. The molecule has 0 heterocycles.